The quantitative estimate of drug-likeness (QED) is 0.514. The Bertz CT molecular complexity index is 55.2. The summed E-state index contributed by atoms with van der Waals surface area (Å²) in [6.45, 7) is 4.36. The fourth-order valence-corrected chi connectivity index (χ4v) is 0. The van der Waals surface area contributed by atoms with Crippen molar-refractivity contribution in [2.75, 3.05) is 0 Å². The molecule has 0 aliphatic rings. The van der Waals surface area contributed by atoms with Crippen LogP contribution in [-0.4, -0.2) is 0 Å². The summed E-state index contributed by atoms with van der Waals surface area (Å²) >= 11 is 6.41. The Hall–Kier alpha value is 0.900. The molecule has 0 fully saturated rings. The monoisotopic (exact) mass is 218 g/mol. The van der Waals surface area contributed by atoms with E-state index in [1.807, 2.05) is 0 Å². The zero-order valence-electron chi connectivity index (χ0n) is 6.02. The van der Waals surface area contributed by atoms with Gasteiger partial charge < -0.3 is 0 Å². The molecule has 0 aliphatic carbocycles. The molecule has 0 unspecified atom stereocenters. The topological polar surface area (TPSA) is 34.1 Å². The Labute approximate surface area is 75.9 Å². The predicted molar refractivity (Wildman–Crippen MR) is 53.8 cm³/mol. The highest BCUT2D eigenvalue weighted by atomic mass is 32.7. The molecular weight excluding hydrogens is 206 g/mol. The van der Waals surface area contributed by atoms with Crippen molar-refractivity contribution in [3.05, 3.63) is 0 Å². The molecule has 0 heterocycles. The Balaban J connectivity index is -0.0000000750. The van der Waals surface area contributed by atoms with Gasteiger partial charge >= 0.3 is 0 Å². The molecule has 62 valence electrons. The van der Waals surface area contributed by atoms with Crippen LogP contribution in [0.3, 0.4) is 0 Å². The van der Waals surface area contributed by atoms with E-state index in [0.717, 1.165) is 0 Å². The predicted octanol–water partition coefficient (Wildman–Crippen LogP) is 4.05. The first-order valence-corrected chi connectivity index (χ1v) is 6.61. The first-order valence-electron chi connectivity index (χ1n) is 2.68. The Morgan fingerprint density at radius 3 is 1.10 bits per heavy atom. The van der Waals surface area contributed by atoms with Gasteiger partial charge in [0.15, 0.2) is 0 Å². The Kier molecular flexibility index (Phi) is 55.9. The molecule has 10 heavy (non-hydrogen) atoms. The van der Waals surface area contributed by atoms with Crippen LogP contribution in [0.25, 0.3) is 0 Å². The van der Waals surface area contributed by atoms with Gasteiger partial charge in [0.2, 0.25) is 15.3 Å². The van der Waals surface area contributed by atoms with Crippen molar-refractivity contribution in [2.24, 2.45) is 0 Å². The molecule has 0 rings (SSSR count). The van der Waals surface area contributed by atoms with Crippen molar-refractivity contribution in [1.29, 1.82) is 0 Å². The van der Waals surface area contributed by atoms with Gasteiger partial charge in [0.05, 0.1) is 0 Å². The molecule has 0 aromatic rings. The smallest absolute Gasteiger partial charge is 0.223 e. The molecule has 2 nitrogen and oxygen atoms in total. The van der Waals surface area contributed by atoms with E-state index in [9.17, 15) is 0 Å². The van der Waals surface area contributed by atoms with Gasteiger partial charge in [-0.1, -0.05) is 51.2 Å². The maximum absolute atomic E-state index is 8.77. The Morgan fingerprint density at radius 2 is 1.10 bits per heavy atom. The van der Waals surface area contributed by atoms with E-state index in [2.05, 4.69) is 38.3 Å². The molecular formula is C4H12O2P2S2. The molecule has 0 saturated carbocycles. The summed E-state index contributed by atoms with van der Waals surface area (Å²) < 4.78 is 17.5. The van der Waals surface area contributed by atoms with Crippen LogP contribution in [0.2, 0.25) is 0 Å². The normalized spacial score (nSPS) is 7.20. The average Bonchev–Trinajstić information content (AvgIpc) is 1.91. The molecule has 0 aromatic carbocycles. The fourth-order valence-electron chi connectivity index (χ4n) is 0. The summed E-state index contributed by atoms with van der Waals surface area (Å²) in [4.78, 5) is 0. The minimum absolute atomic E-state index is 0.139. The molecule has 0 spiro atoms. The van der Waals surface area contributed by atoms with E-state index in [1.165, 1.54) is 12.8 Å². The zero-order valence-corrected chi connectivity index (χ0v) is 9.60. The maximum Gasteiger partial charge on any atom is 0.223 e. The minimum Gasteiger partial charge on any atom is -0.262 e. The van der Waals surface area contributed by atoms with Crippen LogP contribution in [0.5, 0.6) is 0 Å². The van der Waals surface area contributed by atoms with Crippen LogP contribution >= 0.6 is 39.8 Å². The first-order chi connectivity index (χ1) is 4.74. The summed E-state index contributed by atoms with van der Waals surface area (Å²) in [7, 11) is -0.278. The average molecular weight is 218 g/mol. The number of hydrogen-bond donors (Lipinski definition) is 2. The second kappa shape index (κ2) is 32.7. The van der Waals surface area contributed by atoms with Gasteiger partial charge in [-0.25, -0.2) is 0 Å². The van der Waals surface area contributed by atoms with Crippen LogP contribution in [0.4, 0.5) is 0 Å². The Morgan fingerprint density at radius 1 is 1.00 bits per heavy atom. The summed E-state index contributed by atoms with van der Waals surface area (Å²) in [6.07, 6.45) is 2.64. The summed E-state index contributed by atoms with van der Waals surface area (Å²) in [6, 6.07) is 0. The van der Waals surface area contributed by atoms with Gasteiger partial charge in [-0.15, -0.1) is 0 Å². The van der Waals surface area contributed by atoms with Gasteiger partial charge in [-0.05, 0) is 0 Å². The molecule has 0 aromatic heterocycles. The zero-order chi connectivity index (χ0) is 8.83. The highest BCUT2D eigenvalue weighted by Crippen LogP contribution is 1.91. The van der Waals surface area contributed by atoms with Crippen LogP contribution in [0, 0.1) is 0 Å². The number of thiol groups is 2. The van der Waals surface area contributed by atoms with Gasteiger partial charge in [-0.3, -0.25) is 9.13 Å². The first kappa shape index (κ1) is 17.1. The highest BCUT2D eigenvalue weighted by molar-refractivity contribution is 8.34. The number of unbranched alkanes of at least 4 members (excludes halogenated alkanes) is 1. The van der Waals surface area contributed by atoms with E-state index < -0.39 is 0 Å². The maximum atomic E-state index is 8.77. The molecule has 0 atom stereocenters. The van der Waals surface area contributed by atoms with Crippen molar-refractivity contribution in [1.82, 2.24) is 0 Å². The van der Waals surface area contributed by atoms with E-state index in [0.29, 0.717) is 0 Å². The van der Waals surface area contributed by atoms with Crippen LogP contribution in [0.15, 0.2) is 0 Å². The van der Waals surface area contributed by atoms with Crippen LogP contribution in [-0.2, 0) is 9.13 Å². The van der Waals surface area contributed by atoms with Gasteiger partial charge in [0.25, 0.3) is 0 Å². The second-order valence-electron chi connectivity index (χ2n) is 1.16. The third-order valence-corrected chi connectivity index (χ3v) is 0.500. The van der Waals surface area contributed by atoms with Crippen molar-refractivity contribution in [3.63, 3.8) is 0 Å². The molecule has 0 amide bonds. The minimum atomic E-state index is -0.139. The molecule has 0 saturated heterocycles. The SMILES string of the molecule is CCCC.O=PS.O=PS. The van der Waals surface area contributed by atoms with Gasteiger partial charge in [-0.2, -0.15) is 0 Å². The third-order valence-electron chi connectivity index (χ3n) is 0.500. The second-order valence-corrected chi connectivity index (χ2v) is 2.47. The fraction of sp³-hybridized carbons (Fsp3) is 1.00. The molecule has 0 aliphatic heterocycles. The van der Waals surface area contributed by atoms with Gasteiger partial charge in [0.1, 0.15) is 0 Å². The van der Waals surface area contributed by atoms with Crippen molar-refractivity contribution in [3.8, 4) is 0 Å². The van der Waals surface area contributed by atoms with E-state index >= 15 is 0 Å². The number of rotatable bonds is 1. The number of hydrogen-bond acceptors (Lipinski definition) is 2. The lowest BCUT2D eigenvalue weighted by Gasteiger charge is -1.68. The summed E-state index contributed by atoms with van der Waals surface area (Å²) in [5.74, 6) is 0. The highest BCUT2D eigenvalue weighted by Gasteiger charge is 1.56. The summed E-state index contributed by atoms with van der Waals surface area (Å²) in [5.41, 5.74) is 0. The van der Waals surface area contributed by atoms with Gasteiger partial charge in [0, 0.05) is 0 Å². The third kappa shape index (κ3) is 154. The van der Waals surface area contributed by atoms with Crippen LogP contribution in [0.1, 0.15) is 26.7 Å². The van der Waals surface area contributed by atoms with E-state index in [4.69, 9.17) is 9.13 Å². The lowest BCUT2D eigenvalue weighted by molar-refractivity contribution is 0.605. The van der Waals surface area contributed by atoms with Crippen LogP contribution < -0.4 is 0 Å². The van der Waals surface area contributed by atoms with Crippen molar-refractivity contribution >= 4 is 39.8 Å². The van der Waals surface area contributed by atoms with Crippen molar-refractivity contribution in [2.45, 2.75) is 26.7 Å². The summed E-state index contributed by atoms with van der Waals surface area (Å²) in [5, 5.41) is 0. The largest absolute Gasteiger partial charge is 0.262 e. The van der Waals surface area contributed by atoms with E-state index in [-0.39, 0.29) is 15.3 Å². The molecule has 0 N–H and O–H groups in total. The lowest BCUT2D eigenvalue weighted by atomic mass is 10.4. The standard InChI is InChI=1S/C4H10.2HOPS/c1-3-4-2;2*1-2-3/h3-4H2,1-2H3;2*(H,1,3). The molecule has 0 bridgehead atoms. The molecule has 6 heteroatoms. The molecule has 0 radical (unpaired) electrons. The van der Waals surface area contributed by atoms with E-state index in [1.54, 1.807) is 0 Å². The van der Waals surface area contributed by atoms with Crippen molar-refractivity contribution < 1.29 is 9.13 Å². The lowest BCUT2D eigenvalue weighted by Crippen LogP contribution is -1.47.